The van der Waals surface area contributed by atoms with E-state index >= 15 is 0 Å². The van der Waals surface area contributed by atoms with Crippen molar-refractivity contribution < 1.29 is 14.3 Å². The SMILES string of the molecule is CCC(C)N1CCOC[C@H]1C(=O)N1CCOCC1. The summed E-state index contributed by atoms with van der Waals surface area (Å²) < 4.78 is 10.8. The van der Waals surface area contributed by atoms with Gasteiger partial charge in [-0.2, -0.15) is 0 Å². The highest BCUT2D eigenvalue weighted by Gasteiger charge is 2.34. The van der Waals surface area contributed by atoms with Gasteiger partial charge < -0.3 is 14.4 Å². The number of morpholine rings is 2. The van der Waals surface area contributed by atoms with Crippen LogP contribution in [0.1, 0.15) is 20.3 Å². The van der Waals surface area contributed by atoms with Gasteiger partial charge in [0.15, 0.2) is 0 Å². The van der Waals surface area contributed by atoms with Crippen molar-refractivity contribution in [2.45, 2.75) is 32.4 Å². The zero-order valence-corrected chi connectivity index (χ0v) is 11.4. The van der Waals surface area contributed by atoms with Gasteiger partial charge in [0, 0.05) is 25.7 Å². The van der Waals surface area contributed by atoms with Gasteiger partial charge in [0.2, 0.25) is 5.91 Å². The fraction of sp³-hybridized carbons (Fsp3) is 0.923. The zero-order valence-electron chi connectivity index (χ0n) is 11.4. The molecule has 5 nitrogen and oxygen atoms in total. The molecule has 0 aromatic rings. The minimum atomic E-state index is -0.105. The first-order chi connectivity index (χ1) is 8.74. The van der Waals surface area contributed by atoms with Crippen LogP contribution in [0.5, 0.6) is 0 Å². The van der Waals surface area contributed by atoms with Crippen LogP contribution in [0.4, 0.5) is 0 Å². The average Bonchev–Trinajstić information content (AvgIpc) is 2.46. The Morgan fingerprint density at radius 1 is 1.22 bits per heavy atom. The number of hydrogen-bond acceptors (Lipinski definition) is 4. The zero-order chi connectivity index (χ0) is 13.0. The third kappa shape index (κ3) is 3.02. The lowest BCUT2D eigenvalue weighted by Gasteiger charge is -2.41. The van der Waals surface area contributed by atoms with Gasteiger partial charge >= 0.3 is 0 Å². The van der Waals surface area contributed by atoms with Crippen LogP contribution in [0.3, 0.4) is 0 Å². The molecule has 0 radical (unpaired) electrons. The van der Waals surface area contributed by atoms with Crippen LogP contribution in [0.15, 0.2) is 0 Å². The van der Waals surface area contributed by atoms with E-state index in [4.69, 9.17) is 9.47 Å². The average molecular weight is 256 g/mol. The van der Waals surface area contributed by atoms with Gasteiger partial charge in [0.05, 0.1) is 26.4 Å². The summed E-state index contributed by atoms with van der Waals surface area (Å²) >= 11 is 0. The summed E-state index contributed by atoms with van der Waals surface area (Å²) in [4.78, 5) is 16.7. The second-order valence-electron chi connectivity index (χ2n) is 5.02. The molecule has 2 aliphatic rings. The largest absolute Gasteiger partial charge is 0.378 e. The van der Waals surface area contributed by atoms with Crippen LogP contribution < -0.4 is 0 Å². The Labute approximate surface area is 109 Å². The molecule has 1 amide bonds. The molecule has 2 rings (SSSR count). The normalized spacial score (nSPS) is 28.1. The maximum Gasteiger partial charge on any atom is 0.242 e. The minimum Gasteiger partial charge on any atom is -0.378 e. The van der Waals surface area contributed by atoms with Gasteiger partial charge in [-0.25, -0.2) is 0 Å². The molecule has 104 valence electrons. The fourth-order valence-electron chi connectivity index (χ4n) is 2.59. The number of hydrogen-bond donors (Lipinski definition) is 0. The first-order valence-electron chi connectivity index (χ1n) is 6.94. The third-order valence-corrected chi connectivity index (χ3v) is 3.93. The molecule has 0 aromatic heterocycles. The molecule has 0 aliphatic carbocycles. The third-order valence-electron chi connectivity index (χ3n) is 3.93. The van der Waals surface area contributed by atoms with Crippen molar-refractivity contribution in [3.8, 4) is 0 Å². The molecule has 1 unspecified atom stereocenters. The monoisotopic (exact) mass is 256 g/mol. The number of carbonyl (C=O) groups is 1. The molecule has 2 fully saturated rings. The van der Waals surface area contributed by atoms with E-state index in [0.717, 1.165) is 19.6 Å². The quantitative estimate of drug-likeness (QED) is 0.730. The van der Waals surface area contributed by atoms with E-state index in [-0.39, 0.29) is 11.9 Å². The molecule has 0 spiro atoms. The second-order valence-corrected chi connectivity index (χ2v) is 5.02. The molecule has 2 aliphatic heterocycles. The van der Waals surface area contributed by atoms with Crippen LogP contribution in [-0.2, 0) is 14.3 Å². The summed E-state index contributed by atoms with van der Waals surface area (Å²) in [6.07, 6.45) is 1.06. The van der Waals surface area contributed by atoms with Crippen molar-refractivity contribution in [1.82, 2.24) is 9.80 Å². The van der Waals surface area contributed by atoms with E-state index in [9.17, 15) is 4.79 Å². The maximum atomic E-state index is 12.5. The van der Waals surface area contributed by atoms with Gasteiger partial charge in [-0.1, -0.05) is 6.92 Å². The number of amides is 1. The van der Waals surface area contributed by atoms with Gasteiger partial charge in [-0.3, -0.25) is 9.69 Å². The van der Waals surface area contributed by atoms with E-state index in [2.05, 4.69) is 18.7 Å². The van der Waals surface area contributed by atoms with Gasteiger partial charge in [0.1, 0.15) is 6.04 Å². The van der Waals surface area contributed by atoms with Crippen LogP contribution in [0.25, 0.3) is 0 Å². The molecule has 18 heavy (non-hydrogen) atoms. The maximum absolute atomic E-state index is 12.5. The lowest BCUT2D eigenvalue weighted by molar-refractivity contribution is -0.149. The fourth-order valence-corrected chi connectivity index (χ4v) is 2.59. The summed E-state index contributed by atoms with van der Waals surface area (Å²) in [5, 5.41) is 0. The highest BCUT2D eigenvalue weighted by atomic mass is 16.5. The van der Waals surface area contributed by atoms with Gasteiger partial charge in [0.25, 0.3) is 0 Å². The van der Waals surface area contributed by atoms with E-state index in [1.807, 2.05) is 4.90 Å². The topological polar surface area (TPSA) is 42.0 Å². The summed E-state index contributed by atoms with van der Waals surface area (Å²) in [6.45, 7) is 9.20. The lowest BCUT2D eigenvalue weighted by atomic mass is 10.1. The second kappa shape index (κ2) is 6.50. The molecule has 2 atom stereocenters. The molecule has 0 bridgehead atoms. The van der Waals surface area contributed by atoms with Crippen molar-refractivity contribution >= 4 is 5.91 Å². The summed E-state index contributed by atoms with van der Waals surface area (Å²) in [7, 11) is 0. The standard InChI is InChI=1S/C13H24N2O3/c1-3-11(2)15-6-9-18-10-12(15)13(16)14-4-7-17-8-5-14/h11-12H,3-10H2,1-2H3/t11?,12-/m0/s1. The van der Waals surface area contributed by atoms with Crippen LogP contribution in [-0.4, -0.2) is 73.9 Å². The Morgan fingerprint density at radius 2 is 1.89 bits per heavy atom. The van der Waals surface area contributed by atoms with E-state index < -0.39 is 0 Å². The predicted octanol–water partition coefficient (Wildman–Crippen LogP) is 0.345. The summed E-state index contributed by atoms with van der Waals surface area (Å²) in [5.41, 5.74) is 0. The van der Waals surface area contributed by atoms with Crippen molar-refractivity contribution in [2.75, 3.05) is 46.1 Å². The molecule has 0 N–H and O–H groups in total. The van der Waals surface area contributed by atoms with Gasteiger partial charge in [-0.05, 0) is 13.3 Å². The molecule has 5 heteroatoms. The smallest absolute Gasteiger partial charge is 0.242 e. The van der Waals surface area contributed by atoms with Gasteiger partial charge in [-0.15, -0.1) is 0 Å². The molecular weight excluding hydrogens is 232 g/mol. The Morgan fingerprint density at radius 3 is 2.56 bits per heavy atom. The van der Waals surface area contributed by atoms with E-state index in [0.29, 0.717) is 39.0 Å². The van der Waals surface area contributed by atoms with Crippen LogP contribution >= 0.6 is 0 Å². The van der Waals surface area contributed by atoms with E-state index in [1.54, 1.807) is 0 Å². The number of rotatable bonds is 3. The molecular formula is C13H24N2O3. The highest BCUT2D eigenvalue weighted by Crippen LogP contribution is 2.16. The minimum absolute atomic E-state index is 0.105. The predicted molar refractivity (Wildman–Crippen MR) is 68.5 cm³/mol. The molecule has 2 heterocycles. The molecule has 2 saturated heterocycles. The van der Waals surface area contributed by atoms with Crippen molar-refractivity contribution in [2.24, 2.45) is 0 Å². The van der Waals surface area contributed by atoms with Crippen molar-refractivity contribution in [3.05, 3.63) is 0 Å². The molecule has 0 aromatic carbocycles. The van der Waals surface area contributed by atoms with Crippen LogP contribution in [0.2, 0.25) is 0 Å². The van der Waals surface area contributed by atoms with Crippen molar-refractivity contribution in [1.29, 1.82) is 0 Å². The van der Waals surface area contributed by atoms with E-state index in [1.165, 1.54) is 0 Å². The number of ether oxygens (including phenoxy) is 2. The Kier molecular flexibility index (Phi) is 4.97. The van der Waals surface area contributed by atoms with Crippen molar-refractivity contribution in [3.63, 3.8) is 0 Å². The number of nitrogens with zero attached hydrogens (tertiary/aromatic N) is 2. The summed E-state index contributed by atoms with van der Waals surface area (Å²) in [6, 6.07) is 0.329. The first-order valence-corrected chi connectivity index (χ1v) is 6.94. The molecule has 0 saturated carbocycles. The number of carbonyl (C=O) groups excluding carboxylic acids is 1. The highest BCUT2D eigenvalue weighted by molar-refractivity contribution is 5.82. The first kappa shape index (κ1) is 13.8. The Balaban J connectivity index is 2.00. The Hall–Kier alpha value is -0.650. The Bertz CT molecular complexity index is 279. The lowest BCUT2D eigenvalue weighted by Crippen LogP contribution is -2.58. The van der Waals surface area contributed by atoms with Crippen LogP contribution in [0, 0.1) is 0 Å². The summed E-state index contributed by atoms with van der Waals surface area (Å²) in [5.74, 6) is 0.207.